The van der Waals surface area contributed by atoms with Crippen LogP contribution in [0.2, 0.25) is 0 Å². The molecular formula is C14H21NO3. The molecule has 0 aliphatic carbocycles. The van der Waals surface area contributed by atoms with E-state index < -0.39 is 0 Å². The zero-order valence-corrected chi connectivity index (χ0v) is 10.8. The zero-order valence-electron chi connectivity index (χ0n) is 10.8. The number of morpholine rings is 1. The van der Waals surface area contributed by atoms with Gasteiger partial charge in [0.2, 0.25) is 0 Å². The molecule has 2 rings (SSSR count). The largest absolute Gasteiger partial charge is 0.491 e. The third-order valence-electron chi connectivity index (χ3n) is 3.10. The van der Waals surface area contributed by atoms with Gasteiger partial charge in [0.25, 0.3) is 0 Å². The summed E-state index contributed by atoms with van der Waals surface area (Å²) in [6, 6.07) is 7.86. The average molecular weight is 251 g/mol. The summed E-state index contributed by atoms with van der Waals surface area (Å²) in [5.74, 6) is 0.855. The van der Waals surface area contributed by atoms with Crippen LogP contribution in [0.3, 0.4) is 0 Å². The van der Waals surface area contributed by atoms with Crippen LogP contribution in [0.1, 0.15) is 5.56 Å². The highest BCUT2D eigenvalue weighted by Gasteiger charge is 2.17. The van der Waals surface area contributed by atoms with E-state index in [4.69, 9.17) is 14.6 Å². The molecule has 1 fully saturated rings. The summed E-state index contributed by atoms with van der Waals surface area (Å²) < 4.78 is 11.3. The second-order valence-electron chi connectivity index (χ2n) is 4.68. The second-order valence-corrected chi connectivity index (χ2v) is 4.68. The minimum Gasteiger partial charge on any atom is -0.491 e. The van der Waals surface area contributed by atoms with Crippen LogP contribution in [0.25, 0.3) is 0 Å². The highest BCUT2D eigenvalue weighted by molar-refractivity contribution is 5.27. The second kappa shape index (κ2) is 6.73. The zero-order chi connectivity index (χ0) is 12.8. The van der Waals surface area contributed by atoms with Gasteiger partial charge in [-0.05, 0) is 31.2 Å². The van der Waals surface area contributed by atoms with Crippen LogP contribution in [0.15, 0.2) is 24.3 Å². The predicted octanol–water partition coefficient (Wildman–Crippen LogP) is 0.931. The maximum atomic E-state index is 8.83. The minimum absolute atomic E-state index is 0.154. The lowest BCUT2D eigenvalue weighted by Gasteiger charge is -2.29. The van der Waals surface area contributed by atoms with E-state index in [-0.39, 0.29) is 12.7 Å². The SMILES string of the molecule is CN1CCOC(COc2ccc(CCO)cc2)C1. The summed E-state index contributed by atoms with van der Waals surface area (Å²) in [6.45, 7) is 3.46. The molecule has 100 valence electrons. The van der Waals surface area contributed by atoms with Crippen LogP contribution < -0.4 is 4.74 Å². The summed E-state index contributed by atoms with van der Waals surface area (Å²) >= 11 is 0. The monoisotopic (exact) mass is 251 g/mol. The van der Waals surface area contributed by atoms with Gasteiger partial charge in [0.1, 0.15) is 18.5 Å². The molecule has 0 saturated carbocycles. The number of aliphatic hydroxyl groups is 1. The number of nitrogens with zero attached hydrogens (tertiary/aromatic N) is 1. The Kier molecular flexibility index (Phi) is 4.99. The summed E-state index contributed by atoms with van der Waals surface area (Å²) in [5.41, 5.74) is 1.12. The van der Waals surface area contributed by atoms with Gasteiger partial charge in [-0.2, -0.15) is 0 Å². The number of hydrogen-bond donors (Lipinski definition) is 1. The molecule has 1 heterocycles. The maximum Gasteiger partial charge on any atom is 0.119 e. The molecule has 4 nitrogen and oxygen atoms in total. The van der Waals surface area contributed by atoms with Gasteiger partial charge in [-0.15, -0.1) is 0 Å². The van der Waals surface area contributed by atoms with Crippen molar-refractivity contribution in [2.45, 2.75) is 12.5 Å². The van der Waals surface area contributed by atoms with E-state index in [1.807, 2.05) is 24.3 Å². The van der Waals surface area contributed by atoms with Crippen molar-refractivity contribution in [1.29, 1.82) is 0 Å². The molecule has 18 heavy (non-hydrogen) atoms. The van der Waals surface area contributed by atoms with E-state index in [1.54, 1.807) is 0 Å². The first-order valence-corrected chi connectivity index (χ1v) is 6.40. The van der Waals surface area contributed by atoms with Crippen LogP contribution in [0, 0.1) is 0 Å². The number of benzene rings is 1. The average Bonchev–Trinajstić information content (AvgIpc) is 2.38. The van der Waals surface area contributed by atoms with E-state index in [1.165, 1.54) is 0 Å². The molecule has 0 amide bonds. The highest BCUT2D eigenvalue weighted by atomic mass is 16.5. The Balaban J connectivity index is 1.78. The summed E-state index contributed by atoms with van der Waals surface area (Å²) in [7, 11) is 2.10. The number of ether oxygens (including phenoxy) is 2. The Labute approximate surface area is 108 Å². The van der Waals surface area contributed by atoms with Gasteiger partial charge >= 0.3 is 0 Å². The van der Waals surface area contributed by atoms with Gasteiger partial charge in [-0.1, -0.05) is 12.1 Å². The van der Waals surface area contributed by atoms with Gasteiger partial charge < -0.3 is 19.5 Å². The van der Waals surface area contributed by atoms with Crippen molar-refractivity contribution >= 4 is 0 Å². The van der Waals surface area contributed by atoms with Crippen molar-refractivity contribution in [2.24, 2.45) is 0 Å². The van der Waals surface area contributed by atoms with E-state index >= 15 is 0 Å². The standard InChI is InChI=1S/C14H21NO3/c1-15-7-9-17-14(10-15)11-18-13-4-2-12(3-5-13)6-8-16/h2-5,14,16H,6-11H2,1H3. The van der Waals surface area contributed by atoms with Gasteiger partial charge in [-0.3, -0.25) is 0 Å². The third kappa shape index (κ3) is 3.98. The minimum atomic E-state index is 0.154. The third-order valence-corrected chi connectivity index (χ3v) is 3.10. The Morgan fingerprint density at radius 1 is 1.39 bits per heavy atom. The molecule has 1 atom stereocenters. The first-order chi connectivity index (χ1) is 8.78. The molecule has 1 aromatic carbocycles. The fourth-order valence-electron chi connectivity index (χ4n) is 2.04. The molecule has 1 unspecified atom stereocenters. The van der Waals surface area contributed by atoms with E-state index in [2.05, 4.69) is 11.9 Å². The Morgan fingerprint density at radius 2 is 2.17 bits per heavy atom. The first-order valence-electron chi connectivity index (χ1n) is 6.40. The predicted molar refractivity (Wildman–Crippen MR) is 70.0 cm³/mol. The molecule has 1 saturated heterocycles. The lowest BCUT2D eigenvalue weighted by molar-refractivity contribution is -0.0403. The van der Waals surface area contributed by atoms with E-state index in [0.29, 0.717) is 13.0 Å². The van der Waals surface area contributed by atoms with Crippen molar-refractivity contribution in [1.82, 2.24) is 4.90 Å². The first kappa shape index (κ1) is 13.3. The molecular weight excluding hydrogens is 230 g/mol. The molecule has 0 aromatic heterocycles. The number of rotatable bonds is 5. The van der Waals surface area contributed by atoms with Crippen molar-refractivity contribution in [3.63, 3.8) is 0 Å². The van der Waals surface area contributed by atoms with Gasteiger partial charge in [0.05, 0.1) is 6.61 Å². The quantitative estimate of drug-likeness (QED) is 0.845. The van der Waals surface area contributed by atoms with Crippen LogP contribution in [-0.4, -0.2) is 56.1 Å². The molecule has 1 aliphatic heterocycles. The van der Waals surface area contributed by atoms with Crippen LogP contribution in [0.4, 0.5) is 0 Å². The summed E-state index contributed by atoms with van der Waals surface area (Å²) in [6.07, 6.45) is 0.845. The number of hydrogen-bond acceptors (Lipinski definition) is 4. The van der Waals surface area contributed by atoms with Crippen molar-refractivity contribution in [2.75, 3.05) is 40.0 Å². The van der Waals surface area contributed by atoms with Gasteiger partial charge in [0, 0.05) is 19.7 Å². The Bertz CT molecular complexity index is 353. The molecule has 4 heteroatoms. The summed E-state index contributed by atoms with van der Waals surface area (Å²) in [5, 5.41) is 8.83. The Morgan fingerprint density at radius 3 is 2.83 bits per heavy atom. The molecule has 0 bridgehead atoms. The fraction of sp³-hybridized carbons (Fsp3) is 0.571. The van der Waals surface area contributed by atoms with Crippen LogP contribution in [0.5, 0.6) is 5.75 Å². The fourth-order valence-corrected chi connectivity index (χ4v) is 2.04. The molecule has 0 spiro atoms. The van der Waals surface area contributed by atoms with Crippen molar-refractivity contribution < 1.29 is 14.6 Å². The summed E-state index contributed by atoms with van der Waals surface area (Å²) in [4.78, 5) is 2.25. The maximum absolute atomic E-state index is 8.83. The topological polar surface area (TPSA) is 41.9 Å². The molecule has 1 aromatic rings. The normalized spacial score (nSPS) is 20.9. The van der Waals surface area contributed by atoms with Gasteiger partial charge in [-0.25, -0.2) is 0 Å². The molecule has 1 N–H and O–H groups in total. The Hall–Kier alpha value is -1.10. The molecule has 1 aliphatic rings. The van der Waals surface area contributed by atoms with E-state index in [9.17, 15) is 0 Å². The molecule has 0 radical (unpaired) electrons. The lowest BCUT2D eigenvalue weighted by Crippen LogP contribution is -2.42. The number of aliphatic hydroxyl groups excluding tert-OH is 1. The smallest absolute Gasteiger partial charge is 0.119 e. The van der Waals surface area contributed by atoms with Gasteiger partial charge in [0.15, 0.2) is 0 Å². The lowest BCUT2D eigenvalue weighted by atomic mass is 10.1. The van der Waals surface area contributed by atoms with Crippen LogP contribution >= 0.6 is 0 Å². The van der Waals surface area contributed by atoms with Crippen molar-refractivity contribution in [3.05, 3.63) is 29.8 Å². The van der Waals surface area contributed by atoms with Crippen molar-refractivity contribution in [3.8, 4) is 5.75 Å². The number of likely N-dealkylation sites (N-methyl/N-ethyl adjacent to an activating group) is 1. The van der Waals surface area contributed by atoms with Crippen LogP contribution in [-0.2, 0) is 11.2 Å². The highest BCUT2D eigenvalue weighted by Crippen LogP contribution is 2.14. The van der Waals surface area contributed by atoms with E-state index in [0.717, 1.165) is 31.0 Å².